The fourth-order valence-electron chi connectivity index (χ4n) is 6.84. The van der Waals surface area contributed by atoms with Crippen molar-refractivity contribution in [2.45, 2.75) is 0 Å². The van der Waals surface area contributed by atoms with Gasteiger partial charge in [0.05, 0.1) is 5.69 Å². The lowest BCUT2D eigenvalue weighted by atomic mass is 9.95. The summed E-state index contributed by atoms with van der Waals surface area (Å²) in [4.78, 5) is 2.34. The highest BCUT2D eigenvalue weighted by Crippen LogP contribution is 2.42. The summed E-state index contributed by atoms with van der Waals surface area (Å²) in [5.41, 5.74) is 9.97. The lowest BCUT2D eigenvalue weighted by Gasteiger charge is -2.27. The first kappa shape index (κ1) is 26.3. The van der Waals surface area contributed by atoms with Crippen LogP contribution in [0, 0.1) is 0 Å². The molecule has 0 bridgehead atoms. The molecule has 0 N–H and O–H groups in total. The van der Waals surface area contributed by atoms with Gasteiger partial charge in [-0.2, -0.15) is 0 Å². The Morgan fingerprint density at radius 3 is 1.80 bits per heavy atom. The highest BCUT2D eigenvalue weighted by atomic mass is 16.3. The molecule has 1 aromatic heterocycles. The zero-order chi connectivity index (χ0) is 30.5. The van der Waals surface area contributed by atoms with Crippen LogP contribution >= 0.6 is 0 Å². The van der Waals surface area contributed by atoms with Gasteiger partial charge in [0.15, 0.2) is 0 Å². The molecule has 0 aliphatic heterocycles. The summed E-state index contributed by atoms with van der Waals surface area (Å²) in [6.07, 6.45) is 0. The van der Waals surface area contributed by atoms with Gasteiger partial charge >= 0.3 is 0 Å². The Hall–Kier alpha value is -6.12. The van der Waals surface area contributed by atoms with Crippen LogP contribution in [0.2, 0.25) is 0 Å². The Labute approximate surface area is 267 Å². The van der Waals surface area contributed by atoms with Crippen LogP contribution in [0.4, 0.5) is 17.1 Å². The summed E-state index contributed by atoms with van der Waals surface area (Å²) in [7, 11) is 0. The molecule has 0 unspecified atom stereocenters. The molecule has 0 saturated heterocycles. The van der Waals surface area contributed by atoms with E-state index in [2.05, 4.69) is 181 Å². The monoisotopic (exact) mass is 587 g/mol. The van der Waals surface area contributed by atoms with E-state index >= 15 is 0 Å². The predicted octanol–water partition coefficient (Wildman–Crippen LogP) is 12.7. The van der Waals surface area contributed by atoms with Crippen molar-refractivity contribution in [3.63, 3.8) is 0 Å². The standard InChI is InChI=1S/C44H29NO/c1-3-12-32(13-4-1)39-29-41-40-28-33(24-27-43(40)46-44(41)38-20-10-9-19-37(38)39)30-22-25-35(26-23-30)45(34-16-5-2-6-17-34)42-21-11-15-31-14-7-8-18-36(31)42/h1-29H. The fraction of sp³-hybridized carbons (Fsp3) is 0. The molecular weight excluding hydrogens is 558 g/mol. The van der Waals surface area contributed by atoms with Gasteiger partial charge in [-0.05, 0) is 81.6 Å². The van der Waals surface area contributed by atoms with Crippen molar-refractivity contribution < 1.29 is 4.42 Å². The number of para-hydroxylation sites is 1. The van der Waals surface area contributed by atoms with E-state index in [1.54, 1.807) is 0 Å². The summed E-state index contributed by atoms with van der Waals surface area (Å²) < 4.78 is 6.52. The van der Waals surface area contributed by atoms with Gasteiger partial charge < -0.3 is 9.32 Å². The van der Waals surface area contributed by atoms with Gasteiger partial charge in [-0.3, -0.25) is 0 Å². The molecule has 2 nitrogen and oxygen atoms in total. The van der Waals surface area contributed by atoms with Crippen molar-refractivity contribution in [1.29, 1.82) is 0 Å². The smallest absolute Gasteiger partial charge is 0.143 e. The van der Waals surface area contributed by atoms with Gasteiger partial charge in [-0.1, -0.05) is 127 Å². The van der Waals surface area contributed by atoms with Gasteiger partial charge in [-0.15, -0.1) is 0 Å². The van der Waals surface area contributed by atoms with Crippen molar-refractivity contribution in [1.82, 2.24) is 0 Å². The number of fused-ring (bicyclic) bond motifs is 6. The van der Waals surface area contributed by atoms with E-state index in [0.717, 1.165) is 55.5 Å². The Bertz CT molecular complexity index is 2510. The number of anilines is 3. The first-order valence-electron chi connectivity index (χ1n) is 15.7. The molecule has 216 valence electrons. The molecular formula is C44H29NO. The van der Waals surface area contributed by atoms with E-state index in [1.807, 2.05) is 0 Å². The predicted molar refractivity (Wildman–Crippen MR) is 194 cm³/mol. The Morgan fingerprint density at radius 2 is 1.00 bits per heavy atom. The Morgan fingerprint density at radius 1 is 0.370 bits per heavy atom. The molecule has 46 heavy (non-hydrogen) atoms. The van der Waals surface area contributed by atoms with E-state index in [9.17, 15) is 0 Å². The third-order valence-electron chi connectivity index (χ3n) is 9.04. The average Bonchev–Trinajstić information content (AvgIpc) is 3.51. The van der Waals surface area contributed by atoms with E-state index in [1.165, 1.54) is 27.3 Å². The second kappa shape index (κ2) is 10.8. The first-order valence-corrected chi connectivity index (χ1v) is 15.7. The normalized spacial score (nSPS) is 11.5. The van der Waals surface area contributed by atoms with Crippen molar-refractivity contribution in [3.8, 4) is 22.3 Å². The molecule has 0 aliphatic rings. The van der Waals surface area contributed by atoms with Crippen LogP contribution in [0.15, 0.2) is 180 Å². The van der Waals surface area contributed by atoms with E-state index in [0.29, 0.717) is 0 Å². The van der Waals surface area contributed by atoms with Crippen LogP contribution in [-0.4, -0.2) is 0 Å². The van der Waals surface area contributed by atoms with E-state index in [-0.39, 0.29) is 0 Å². The number of benzene rings is 8. The number of hydrogen-bond acceptors (Lipinski definition) is 2. The molecule has 0 spiro atoms. The molecule has 8 aromatic carbocycles. The minimum absolute atomic E-state index is 0.900. The van der Waals surface area contributed by atoms with Crippen LogP contribution in [0.25, 0.3) is 65.7 Å². The largest absolute Gasteiger partial charge is 0.455 e. The summed E-state index contributed by atoms with van der Waals surface area (Å²) in [5.74, 6) is 0. The van der Waals surface area contributed by atoms with Crippen molar-refractivity contribution in [2.24, 2.45) is 0 Å². The van der Waals surface area contributed by atoms with Gasteiger partial charge in [-0.25, -0.2) is 0 Å². The van der Waals surface area contributed by atoms with Crippen LogP contribution in [0.3, 0.4) is 0 Å². The third kappa shape index (κ3) is 4.35. The van der Waals surface area contributed by atoms with Crippen molar-refractivity contribution in [2.75, 3.05) is 4.90 Å². The summed E-state index contributed by atoms with van der Waals surface area (Å²) in [6, 6.07) is 62.6. The molecule has 2 heteroatoms. The Balaban J connectivity index is 1.17. The van der Waals surface area contributed by atoms with Gasteiger partial charge in [0, 0.05) is 32.9 Å². The fourth-order valence-corrected chi connectivity index (χ4v) is 6.84. The number of hydrogen-bond donors (Lipinski definition) is 0. The number of nitrogens with zero attached hydrogens (tertiary/aromatic N) is 1. The number of furan rings is 1. The van der Waals surface area contributed by atoms with Gasteiger partial charge in [0.2, 0.25) is 0 Å². The molecule has 0 amide bonds. The average molecular weight is 588 g/mol. The zero-order valence-electron chi connectivity index (χ0n) is 25.1. The Kier molecular flexibility index (Phi) is 6.17. The molecule has 0 radical (unpaired) electrons. The topological polar surface area (TPSA) is 16.4 Å². The maximum atomic E-state index is 6.52. The minimum atomic E-state index is 0.900. The summed E-state index contributed by atoms with van der Waals surface area (Å²) in [6.45, 7) is 0. The maximum absolute atomic E-state index is 6.52. The maximum Gasteiger partial charge on any atom is 0.143 e. The van der Waals surface area contributed by atoms with E-state index in [4.69, 9.17) is 4.42 Å². The van der Waals surface area contributed by atoms with Crippen LogP contribution in [0.1, 0.15) is 0 Å². The lowest BCUT2D eigenvalue weighted by Crippen LogP contribution is -2.10. The van der Waals surface area contributed by atoms with Crippen LogP contribution in [0.5, 0.6) is 0 Å². The molecule has 0 atom stereocenters. The van der Waals surface area contributed by atoms with Crippen LogP contribution in [-0.2, 0) is 0 Å². The summed E-state index contributed by atoms with van der Waals surface area (Å²) >= 11 is 0. The second-order valence-electron chi connectivity index (χ2n) is 11.7. The second-order valence-corrected chi connectivity index (χ2v) is 11.7. The lowest BCUT2D eigenvalue weighted by molar-refractivity contribution is 0.673. The highest BCUT2D eigenvalue weighted by molar-refractivity contribution is 6.19. The SMILES string of the molecule is c1ccc(-c2cc3c4cc(-c5ccc(N(c6ccccc6)c6cccc7ccccc67)cc5)ccc4oc3c3ccccc23)cc1. The van der Waals surface area contributed by atoms with E-state index < -0.39 is 0 Å². The number of rotatable bonds is 5. The molecule has 0 aliphatic carbocycles. The van der Waals surface area contributed by atoms with Gasteiger partial charge in [0.25, 0.3) is 0 Å². The summed E-state index contributed by atoms with van der Waals surface area (Å²) in [5, 5.41) is 7.04. The molecule has 1 heterocycles. The molecule has 0 fully saturated rings. The molecule has 0 saturated carbocycles. The first-order chi connectivity index (χ1) is 22.8. The zero-order valence-corrected chi connectivity index (χ0v) is 25.1. The quantitative estimate of drug-likeness (QED) is 0.199. The molecule has 9 rings (SSSR count). The highest BCUT2D eigenvalue weighted by Gasteiger charge is 2.17. The van der Waals surface area contributed by atoms with Crippen LogP contribution < -0.4 is 4.90 Å². The minimum Gasteiger partial charge on any atom is -0.455 e. The van der Waals surface area contributed by atoms with Crippen molar-refractivity contribution >= 4 is 60.5 Å². The molecule has 9 aromatic rings. The third-order valence-corrected chi connectivity index (χ3v) is 9.04. The van der Waals surface area contributed by atoms with Gasteiger partial charge in [0.1, 0.15) is 11.2 Å². The van der Waals surface area contributed by atoms with Crippen molar-refractivity contribution in [3.05, 3.63) is 176 Å².